The van der Waals surface area contributed by atoms with Crippen LogP contribution in [0, 0.1) is 0 Å². The number of nitrogens with one attached hydrogen (secondary N) is 2. The van der Waals surface area contributed by atoms with E-state index in [0.29, 0.717) is 25.1 Å². The van der Waals surface area contributed by atoms with Crippen LogP contribution in [0.5, 0.6) is 0 Å². The molecule has 0 radical (unpaired) electrons. The first-order chi connectivity index (χ1) is 9.43. The van der Waals surface area contributed by atoms with E-state index in [1.807, 2.05) is 18.2 Å². The zero-order chi connectivity index (χ0) is 15.0. The van der Waals surface area contributed by atoms with Gasteiger partial charge in [0.15, 0.2) is 0 Å². The highest BCUT2D eigenvalue weighted by molar-refractivity contribution is 7.89. The highest BCUT2D eigenvalue weighted by Crippen LogP contribution is 2.08. The quantitative estimate of drug-likeness (QED) is 0.599. The average molecular weight is 299 g/mol. The van der Waals surface area contributed by atoms with E-state index in [0.717, 1.165) is 5.56 Å². The first-order valence-corrected chi connectivity index (χ1v) is 8.16. The van der Waals surface area contributed by atoms with Gasteiger partial charge in [-0.3, -0.25) is 4.79 Å². The van der Waals surface area contributed by atoms with Crippen molar-refractivity contribution in [3.8, 4) is 0 Å². The number of nitrogens with two attached hydrogens (primary N) is 1. The Morgan fingerprint density at radius 3 is 2.75 bits per heavy atom. The van der Waals surface area contributed by atoms with E-state index in [-0.39, 0.29) is 18.2 Å². The number of hydrogen-bond donors (Lipinski definition) is 3. The number of amides is 1. The SMILES string of the molecule is CCNS(=O)(=O)CCNC(=O)CCc1cccc(N)c1. The minimum atomic E-state index is -3.28. The summed E-state index contributed by atoms with van der Waals surface area (Å²) in [6.07, 6.45) is 0.890. The summed E-state index contributed by atoms with van der Waals surface area (Å²) in [6, 6.07) is 7.35. The van der Waals surface area contributed by atoms with Gasteiger partial charge in [-0.15, -0.1) is 0 Å². The number of hydrogen-bond acceptors (Lipinski definition) is 4. The van der Waals surface area contributed by atoms with E-state index >= 15 is 0 Å². The Kier molecular flexibility index (Phi) is 6.47. The molecule has 112 valence electrons. The van der Waals surface area contributed by atoms with Crippen molar-refractivity contribution in [1.82, 2.24) is 10.0 Å². The Balaban J connectivity index is 2.27. The summed E-state index contributed by atoms with van der Waals surface area (Å²) in [6.45, 7) is 2.18. The molecule has 0 heterocycles. The van der Waals surface area contributed by atoms with Gasteiger partial charge in [0.2, 0.25) is 15.9 Å². The monoisotopic (exact) mass is 299 g/mol. The van der Waals surface area contributed by atoms with E-state index in [1.165, 1.54) is 0 Å². The summed E-state index contributed by atoms with van der Waals surface area (Å²) < 4.78 is 25.1. The third-order valence-electron chi connectivity index (χ3n) is 2.65. The predicted molar refractivity (Wildman–Crippen MR) is 79.6 cm³/mol. The van der Waals surface area contributed by atoms with Gasteiger partial charge in [-0.05, 0) is 24.1 Å². The molecule has 1 aromatic carbocycles. The van der Waals surface area contributed by atoms with Gasteiger partial charge in [0.25, 0.3) is 0 Å². The Morgan fingerprint density at radius 1 is 1.35 bits per heavy atom. The van der Waals surface area contributed by atoms with Crippen LogP contribution in [0.4, 0.5) is 5.69 Å². The number of nitrogen functional groups attached to an aromatic ring is 1. The number of aryl methyl sites for hydroxylation is 1. The highest BCUT2D eigenvalue weighted by Gasteiger charge is 2.09. The maximum atomic E-state index is 11.6. The molecule has 0 saturated carbocycles. The van der Waals surface area contributed by atoms with Crippen LogP contribution in [0.15, 0.2) is 24.3 Å². The Morgan fingerprint density at radius 2 is 2.10 bits per heavy atom. The summed E-state index contributed by atoms with van der Waals surface area (Å²) in [5.74, 6) is -0.274. The number of carbonyl (C=O) groups excluding carboxylic acids is 1. The lowest BCUT2D eigenvalue weighted by molar-refractivity contribution is -0.120. The topological polar surface area (TPSA) is 101 Å². The fraction of sp³-hybridized carbons (Fsp3) is 0.462. The van der Waals surface area contributed by atoms with Gasteiger partial charge in [0.1, 0.15) is 0 Å². The molecule has 0 aromatic heterocycles. The smallest absolute Gasteiger partial charge is 0.220 e. The third-order valence-corrected chi connectivity index (χ3v) is 4.12. The molecule has 0 bridgehead atoms. The van der Waals surface area contributed by atoms with E-state index < -0.39 is 10.0 Å². The summed E-state index contributed by atoms with van der Waals surface area (Å²) in [5, 5.41) is 2.59. The lowest BCUT2D eigenvalue weighted by Gasteiger charge is -2.07. The van der Waals surface area contributed by atoms with Crippen LogP contribution in [0.2, 0.25) is 0 Å². The van der Waals surface area contributed by atoms with Gasteiger partial charge in [-0.25, -0.2) is 13.1 Å². The first kappa shape index (κ1) is 16.5. The molecule has 0 aliphatic rings. The second kappa shape index (κ2) is 7.86. The molecule has 0 unspecified atom stereocenters. The zero-order valence-corrected chi connectivity index (χ0v) is 12.4. The van der Waals surface area contributed by atoms with Crippen molar-refractivity contribution >= 4 is 21.6 Å². The molecule has 0 spiro atoms. The van der Waals surface area contributed by atoms with Gasteiger partial charge in [-0.1, -0.05) is 19.1 Å². The normalized spacial score (nSPS) is 11.2. The third kappa shape index (κ3) is 6.53. The lowest BCUT2D eigenvalue weighted by atomic mass is 10.1. The van der Waals surface area contributed by atoms with Gasteiger partial charge in [0, 0.05) is 25.2 Å². The van der Waals surface area contributed by atoms with Crippen molar-refractivity contribution in [2.24, 2.45) is 0 Å². The van der Waals surface area contributed by atoms with E-state index in [4.69, 9.17) is 5.73 Å². The van der Waals surface area contributed by atoms with Gasteiger partial charge in [-0.2, -0.15) is 0 Å². The summed E-state index contributed by atoms with van der Waals surface area (Å²) in [4.78, 5) is 11.6. The van der Waals surface area contributed by atoms with Gasteiger partial charge in [0.05, 0.1) is 5.75 Å². The molecule has 7 heteroatoms. The maximum Gasteiger partial charge on any atom is 0.220 e. The molecular weight excluding hydrogens is 278 g/mol. The second-order valence-corrected chi connectivity index (χ2v) is 6.34. The Bertz CT molecular complexity index is 544. The van der Waals surface area contributed by atoms with E-state index in [1.54, 1.807) is 13.0 Å². The molecule has 0 atom stereocenters. The summed E-state index contributed by atoms with van der Waals surface area (Å²) in [7, 11) is -3.28. The van der Waals surface area contributed by atoms with Crippen LogP contribution < -0.4 is 15.8 Å². The molecule has 4 N–H and O–H groups in total. The van der Waals surface area contributed by atoms with Crippen LogP contribution in [0.1, 0.15) is 18.9 Å². The summed E-state index contributed by atoms with van der Waals surface area (Å²) in [5.41, 5.74) is 7.30. The summed E-state index contributed by atoms with van der Waals surface area (Å²) >= 11 is 0. The first-order valence-electron chi connectivity index (χ1n) is 6.51. The van der Waals surface area contributed by atoms with Gasteiger partial charge >= 0.3 is 0 Å². The van der Waals surface area contributed by atoms with Crippen molar-refractivity contribution in [3.05, 3.63) is 29.8 Å². The second-order valence-electron chi connectivity index (χ2n) is 4.41. The van der Waals surface area contributed by atoms with Crippen molar-refractivity contribution in [2.45, 2.75) is 19.8 Å². The zero-order valence-electron chi connectivity index (χ0n) is 11.6. The maximum absolute atomic E-state index is 11.6. The van der Waals surface area contributed by atoms with Crippen LogP contribution >= 0.6 is 0 Å². The van der Waals surface area contributed by atoms with Crippen LogP contribution in [-0.4, -0.2) is 33.2 Å². The number of anilines is 1. The predicted octanol–water partition coefficient (Wildman–Crippen LogP) is 0.257. The molecule has 20 heavy (non-hydrogen) atoms. The minimum absolute atomic E-state index is 0.106. The van der Waals surface area contributed by atoms with Crippen LogP contribution in [-0.2, 0) is 21.2 Å². The highest BCUT2D eigenvalue weighted by atomic mass is 32.2. The fourth-order valence-corrected chi connectivity index (χ4v) is 2.67. The van der Waals surface area contributed by atoms with Crippen molar-refractivity contribution < 1.29 is 13.2 Å². The largest absolute Gasteiger partial charge is 0.399 e. The molecule has 1 rings (SSSR count). The molecule has 6 nitrogen and oxygen atoms in total. The molecule has 1 aromatic rings. The molecule has 0 saturated heterocycles. The molecule has 0 fully saturated rings. The van der Waals surface area contributed by atoms with Crippen LogP contribution in [0.25, 0.3) is 0 Å². The van der Waals surface area contributed by atoms with Crippen LogP contribution in [0.3, 0.4) is 0 Å². The molecule has 1 amide bonds. The standard InChI is InChI=1S/C13H21N3O3S/c1-2-16-20(18,19)9-8-15-13(17)7-6-11-4-3-5-12(14)10-11/h3-5,10,16H,2,6-9,14H2,1H3,(H,15,17). The Labute approximate surface area is 119 Å². The lowest BCUT2D eigenvalue weighted by Crippen LogP contribution is -2.34. The molecule has 0 aliphatic carbocycles. The fourth-order valence-electron chi connectivity index (χ4n) is 1.71. The average Bonchev–Trinajstić information content (AvgIpc) is 2.36. The van der Waals surface area contributed by atoms with Crippen molar-refractivity contribution in [2.75, 3.05) is 24.6 Å². The van der Waals surface area contributed by atoms with Crippen molar-refractivity contribution in [1.29, 1.82) is 0 Å². The minimum Gasteiger partial charge on any atom is -0.399 e. The number of rotatable bonds is 8. The van der Waals surface area contributed by atoms with E-state index in [9.17, 15) is 13.2 Å². The number of sulfonamides is 1. The van der Waals surface area contributed by atoms with Crippen molar-refractivity contribution in [3.63, 3.8) is 0 Å². The number of carbonyl (C=O) groups is 1. The molecule has 0 aliphatic heterocycles. The molecular formula is C13H21N3O3S. The number of benzene rings is 1. The van der Waals surface area contributed by atoms with Gasteiger partial charge < -0.3 is 11.1 Å². The van der Waals surface area contributed by atoms with E-state index in [2.05, 4.69) is 10.0 Å². The Hall–Kier alpha value is -1.60.